The quantitative estimate of drug-likeness (QED) is 0.235. The molecule has 226 valence electrons. The number of aliphatic hydroxyl groups is 2. The number of halogens is 4. The van der Waals surface area contributed by atoms with Gasteiger partial charge in [0.15, 0.2) is 17.7 Å². The molecule has 1 aliphatic carbocycles. The number of ether oxygens (including phenoxy) is 1. The third-order valence-corrected chi connectivity index (χ3v) is 8.76. The van der Waals surface area contributed by atoms with Gasteiger partial charge in [-0.05, 0) is 51.2 Å². The molecular weight excluding hydrogens is 577 g/mol. The average molecular weight is 609 g/mol. The Kier molecular flexibility index (Phi) is 7.54. The van der Waals surface area contributed by atoms with Gasteiger partial charge >= 0.3 is 6.18 Å². The van der Waals surface area contributed by atoms with Crippen LogP contribution < -0.4 is 5.73 Å². The van der Waals surface area contributed by atoms with Crippen LogP contribution in [0.3, 0.4) is 0 Å². The van der Waals surface area contributed by atoms with Crippen LogP contribution in [0.1, 0.15) is 50.7 Å². The summed E-state index contributed by atoms with van der Waals surface area (Å²) in [5.41, 5.74) is 6.54. The van der Waals surface area contributed by atoms with E-state index >= 15 is 0 Å². The van der Waals surface area contributed by atoms with Crippen molar-refractivity contribution < 1.29 is 28.1 Å². The molecule has 2 fully saturated rings. The number of rotatable bonds is 8. The second kappa shape index (κ2) is 10.9. The minimum atomic E-state index is -4.53. The summed E-state index contributed by atoms with van der Waals surface area (Å²) in [4.78, 5) is 22.1. The highest BCUT2D eigenvalue weighted by molar-refractivity contribution is 6.32. The van der Waals surface area contributed by atoms with Crippen LogP contribution in [-0.4, -0.2) is 81.5 Å². The lowest BCUT2D eigenvalue weighted by Crippen LogP contribution is -2.52. The van der Waals surface area contributed by atoms with Gasteiger partial charge < -0.3 is 25.7 Å². The lowest BCUT2D eigenvalue weighted by Gasteiger charge is -2.46. The number of nitrogens with two attached hydrogens (primary N) is 1. The van der Waals surface area contributed by atoms with E-state index in [1.165, 1.54) is 18.7 Å². The molecule has 4 aromatic rings. The van der Waals surface area contributed by atoms with Crippen molar-refractivity contribution in [3.8, 4) is 0 Å². The minimum Gasteiger partial charge on any atom is -0.387 e. The first-order chi connectivity index (χ1) is 19.9. The van der Waals surface area contributed by atoms with Gasteiger partial charge in [-0.2, -0.15) is 13.2 Å². The first-order valence-corrected chi connectivity index (χ1v) is 14.2. The molecule has 1 saturated carbocycles. The molecule has 1 saturated heterocycles. The van der Waals surface area contributed by atoms with E-state index in [9.17, 15) is 23.4 Å². The molecule has 4 unspecified atom stereocenters. The zero-order valence-corrected chi connectivity index (χ0v) is 23.7. The number of aryl methyl sites for hydroxylation is 1. The van der Waals surface area contributed by atoms with E-state index in [2.05, 4.69) is 43.7 Å². The summed E-state index contributed by atoms with van der Waals surface area (Å²) in [6.45, 7) is 4.60. The van der Waals surface area contributed by atoms with Crippen LogP contribution >= 0.6 is 11.6 Å². The zero-order valence-electron chi connectivity index (χ0n) is 23.0. The van der Waals surface area contributed by atoms with E-state index in [0.717, 1.165) is 25.3 Å². The summed E-state index contributed by atoms with van der Waals surface area (Å²) in [6.07, 6.45) is -2.24. The van der Waals surface area contributed by atoms with Crippen molar-refractivity contribution in [1.29, 1.82) is 0 Å². The van der Waals surface area contributed by atoms with Gasteiger partial charge in [0.05, 0.1) is 27.9 Å². The number of alkyl halides is 3. The predicted molar refractivity (Wildman–Crippen MR) is 148 cm³/mol. The fraction of sp³-hybridized carbons (Fsp3) is 0.556. The number of nitrogen functional groups attached to an aromatic ring is 1. The van der Waals surface area contributed by atoms with Crippen molar-refractivity contribution in [3.63, 3.8) is 0 Å². The molecule has 5 N–H and O–H groups in total. The van der Waals surface area contributed by atoms with Crippen LogP contribution in [-0.2, 0) is 17.3 Å². The SMILES string of the molecule is CC(C)N(CC1OC(n2cnc3c(N)ncnc32)C(O)C1O)C1CC(CCc2nc3cc(Cl)c(C(F)(F)F)cc3[nH]2)C1. The van der Waals surface area contributed by atoms with Crippen molar-refractivity contribution in [3.05, 3.63) is 41.2 Å². The summed E-state index contributed by atoms with van der Waals surface area (Å²) >= 11 is 5.84. The van der Waals surface area contributed by atoms with Gasteiger partial charge in [-0.1, -0.05) is 11.6 Å². The molecule has 6 rings (SSSR count). The first-order valence-electron chi connectivity index (χ1n) is 13.9. The highest BCUT2D eigenvalue weighted by Gasteiger charge is 2.46. The van der Waals surface area contributed by atoms with Gasteiger partial charge in [0.1, 0.15) is 36.0 Å². The van der Waals surface area contributed by atoms with E-state index in [0.29, 0.717) is 46.9 Å². The topological polar surface area (TPSA) is 151 Å². The summed E-state index contributed by atoms with van der Waals surface area (Å²) in [5.74, 6) is 1.27. The van der Waals surface area contributed by atoms with Crippen LogP contribution in [0.4, 0.5) is 19.0 Å². The Balaban J connectivity index is 1.06. The van der Waals surface area contributed by atoms with Crippen LogP contribution in [0.2, 0.25) is 5.02 Å². The van der Waals surface area contributed by atoms with Crippen LogP contribution in [0.5, 0.6) is 0 Å². The number of nitrogens with one attached hydrogen (secondary N) is 1. The van der Waals surface area contributed by atoms with Gasteiger partial charge in [0.25, 0.3) is 0 Å². The highest BCUT2D eigenvalue weighted by atomic mass is 35.5. The number of benzene rings is 1. The number of hydrogen-bond donors (Lipinski definition) is 4. The number of H-pyrrole nitrogens is 1. The third-order valence-electron chi connectivity index (χ3n) is 8.45. The highest BCUT2D eigenvalue weighted by Crippen LogP contribution is 2.39. The summed E-state index contributed by atoms with van der Waals surface area (Å²) in [6, 6.07) is 2.70. The number of imidazole rings is 2. The fourth-order valence-corrected chi connectivity index (χ4v) is 6.39. The lowest BCUT2D eigenvalue weighted by atomic mass is 9.76. The predicted octanol–water partition coefficient (Wildman–Crippen LogP) is 3.70. The monoisotopic (exact) mass is 608 g/mol. The van der Waals surface area contributed by atoms with Crippen molar-refractivity contribution in [2.75, 3.05) is 12.3 Å². The van der Waals surface area contributed by atoms with Crippen molar-refractivity contribution in [1.82, 2.24) is 34.4 Å². The summed E-state index contributed by atoms with van der Waals surface area (Å²) in [5, 5.41) is 21.4. The molecule has 0 amide bonds. The smallest absolute Gasteiger partial charge is 0.387 e. The molecule has 1 aromatic carbocycles. The van der Waals surface area contributed by atoms with Crippen LogP contribution in [0.15, 0.2) is 24.8 Å². The second-order valence-corrected chi connectivity index (χ2v) is 11.9. The lowest BCUT2D eigenvalue weighted by molar-refractivity contribution is -0.137. The second-order valence-electron chi connectivity index (χ2n) is 11.5. The number of nitrogens with zero attached hydrogens (tertiary/aromatic N) is 6. The third kappa shape index (κ3) is 5.30. The maximum absolute atomic E-state index is 13.2. The Hall–Kier alpha value is -3.04. The van der Waals surface area contributed by atoms with Gasteiger partial charge in [-0.25, -0.2) is 19.9 Å². The molecule has 0 radical (unpaired) electrons. The van der Waals surface area contributed by atoms with E-state index in [-0.39, 0.29) is 22.9 Å². The Morgan fingerprint density at radius 1 is 1.19 bits per heavy atom. The molecule has 11 nitrogen and oxygen atoms in total. The molecule has 4 atom stereocenters. The van der Waals surface area contributed by atoms with Crippen LogP contribution in [0.25, 0.3) is 22.2 Å². The fourth-order valence-electron chi connectivity index (χ4n) is 6.12. The van der Waals surface area contributed by atoms with Crippen molar-refractivity contribution >= 4 is 39.6 Å². The van der Waals surface area contributed by atoms with E-state index < -0.39 is 36.3 Å². The Morgan fingerprint density at radius 3 is 2.67 bits per heavy atom. The maximum atomic E-state index is 13.2. The number of aliphatic hydroxyl groups excluding tert-OH is 2. The Morgan fingerprint density at radius 2 is 1.95 bits per heavy atom. The molecule has 42 heavy (non-hydrogen) atoms. The average Bonchev–Trinajstić information content (AvgIpc) is 3.58. The van der Waals surface area contributed by atoms with Crippen molar-refractivity contribution in [2.45, 2.75) is 82.3 Å². The molecule has 0 bridgehead atoms. The zero-order chi connectivity index (χ0) is 29.9. The molecule has 15 heteroatoms. The number of anilines is 1. The molecule has 1 aliphatic heterocycles. The van der Waals surface area contributed by atoms with E-state index in [4.69, 9.17) is 22.1 Å². The van der Waals surface area contributed by atoms with E-state index in [1.807, 2.05) is 0 Å². The largest absolute Gasteiger partial charge is 0.417 e. The Bertz CT molecular complexity index is 1590. The van der Waals surface area contributed by atoms with Gasteiger partial charge in [0, 0.05) is 25.0 Å². The summed E-state index contributed by atoms with van der Waals surface area (Å²) in [7, 11) is 0. The van der Waals surface area contributed by atoms with Gasteiger partial charge in [-0.15, -0.1) is 0 Å². The van der Waals surface area contributed by atoms with Crippen LogP contribution in [0, 0.1) is 5.92 Å². The molecule has 2 aliphatic rings. The molecule has 3 aromatic heterocycles. The number of aromatic amines is 1. The van der Waals surface area contributed by atoms with Crippen molar-refractivity contribution in [2.24, 2.45) is 5.92 Å². The molecule has 0 spiro atoms. The minimum absolute atomic E-state index is 0.174. The maximum Gasteiger partial charge on any atom is 0.417 e. The number of aromatic nitrogens is 6. The first kappa shape index (κ1) is 29.1. The normalized spacial score (nSPS) is 26.6. The van der Waals surface area contributed by atoms with E-state index in [1.54, 1.807) is 4.57 Å². The number of hydrogen-bond acceptors (Lipinski definition) is 9. The Labute approximate surface area is 243 Å². The van der Waals surface area contributed by atoms with Gasteiger partial charge in [0.2, 0.25) is 0 Å². The van der Waals surface area contributed by atoms with Gasteiger partial charge in [-0.3, -0.25) is 9.47 Å². The molecule has 4 heterocycles. The number of fused-ring (bicyclic) bond motifs is 2. The molecular formula is C27H32ClF3N8O3. The summed E-state index contributed by atoms with van der Waals surface area (Å²) < 4.78 is 47.3. The standard InChI is InChI=1S/C27H32ClF3N8O3/c1-12(2)38(9-19-22(40)23(41)26(42-19)39-11-35-21-24(32)33-10-34-25(21)39)14-5-13(6-14)3-4-20-36-17-7-15(27(29,30)31)16(28)8-18(17)37-20/h7-8,10-14,19,22-23,26,40-41H,3-6,9H2,1-2H3,(H,36,37)(H2,32,33,34).